The lowest BCUT2D eigenvalue weighted by Gasteiger charge is -2.38. The molecule has 1 aromatic rings. The first-order chi connectivity index (χ1) is 11.3. The number of carbonyl (C=O) groups is 1. The molecule has 0 aromatic carbocycles. The first-order valence-electron chi connectivity index (χ1n) is 8.11. The number of aromatic amines is 1. The zero-order valence-corrected chi connectivity index (χ0v) is 12.9. The molecule has 6 nitrogen and oxygen atoms in total. The Morgan fingerprint density at radius 1 is 1.25 bits per heavy atom. The molecule has 0 unspecified atom stereocenters. The summed E-state index contributed by atoms with van der Waals surface area (Å²) in [5.41, 5.74) is -1.68. The highest BCUT2D eigenvalue weighted by molar-refractivity contribution is 5.99. The average molecular weight is 342 g/mol. The van der Waals surface area contributed by atoms with Gasteiger partial charge in [-0.05, 0) is 38.5 Å². The van der Waals surface area contributed by atoms with Crippen LogP contribution >= 0.6 is 0 Å². The molecule has 0 saturated heterocycles. The Kier molecular flexibility index (Phi) is 3.28. The lowest BCUT2D eigenvalue weighted by Crippen LogP contribution is -2.61. The Hall–Kier alpha value is -1.90. The van der Waals surface area contributed by atoms with E-state index in [0.717, 1.165) is 18.5 Å². The van der Waals surface area contributed by atoms with Crippen molar-refractivity contribution in [3.05, 3.63) is 17.0 Å². The molecule has 1 aliphatic heterocycles. The number of aliphatic hydroxyl groups is 1. The molecule has 0 radical (unpaired) electrons. The number of hydrogen-bond donors (Lipinski definition) is 2. The summed E-state index contributed by atoms with van der Waals surface area (Å²) in [5.74, 6) is -2.18. The smallest absolute Gasteiger partial charge is 0.362 e. The standard InChI is InChI=1S/C15H17F3N4O2/c16-15(17,18)14(24)9-5-1-2-6-11(9)21-22(14)13(23)12-8-4-3-7-10(8)19-20-12/h9,24H,1-7H2,(H,19,20)/t9-,14+/m1/s1. The average Bonchev–Trinajstić information content (AvgIpc) is 3.19. The van der Waals surface area contributed by atoms with Crippen LogP contribution < -0.4 is 0 Å². The van der Waals surface area contributed by atoms with E-state index in [1.165, 1.54) is 0 Å². The molecule has 2 N–H and O–H groups in total. The number of carbonyl (C=O) groups excluding carboxylic acids is 1. The van der Waals surface area contributed by atoms with Crippen molar-refractivity contribution in [2.24, 2.45) is 11.0 Å². The van der Waals surface area contributed by atoms with Crippen LogP contribution in [-0.2, 0) is 12.8 Å². The number of rotatable bonds is 1. The van der Waals surface area contributed by atoms with Crippen LogP contribution in [0.2, 0.25) is 0 Å². The number of aryl methyl sites for hydroxylation is 1. The van der Waals surface area contributed by atoms with Gasteiger partial charge in [0.15, 0.2) is 5.69 Å². The second-order valence-electron chi connectivity index (χ2n) is 6.61. The number of aromatic nitrogens is 2. The van der Waals surface area contributed by atoms with E-state index in [0.29, 0.717) is 31.2 Å². The van der Waals surface area contributed by atoms with Crippen LogP contribution in [0.25, 0.3) is 0 Å². The van der Waals surface area contributed by atoms with E-state index in [2.05, 4.69) is 15.3 Å². The number of nitrogens with zero attached hydrogens (tertiary/aromatic N) is 3. The van der Waals surface area contributed by atoms with Gasteiger partial charge >= 0.3 is 6.18 Å². The number of H-pyrrole nitrogens is 1. The minimum absolute atomic E-state index is 0.0619. The molecule has 1 amide bonds. The van der Waals surface area contributed by atoms with E-state index in [9.17, 15) is 23.1 Å². The van der Waals surface area contributed by atoms with Crippen LogP contribution in [0.15, 0.2) is 5.10 Å². The fourth-order valence-corrected chi connectivity index (χ4v) is 4.02. The Balaban J connectivity index is 1.77. The van der Waals surface area contributed by atoms with Gasteiger partial charge in [-0.2, -0.15) is 28.4 Å². The molecular formula is C15H17F3N4O2. The molecule has 2 atom stereocenters. The first kappa shape index (κ1) is 15.6. The van der Waals surface area contributed by atoms with Crippen LogP contribution in [-0.4, -0.2) is 43.8 Å². The Morgan fingerprint density at radius 2 is 2.04 bits per heavy atom. The summed E-state index contributed by atoms with van der Waals surface area (Å²) in [7, 11) is 0. The Bertz CT molecular complexity index is 727. The molecule has 1 saturated carbocycles. The SMILES string of the molecule is O=C(c1n[nH]c2c1CCC2)N1N=C2CCCC[C@H]2[C@]1(O)C(F)(F)F. The molecular weight excluding hydrogens is 325 g/mol. The first-order valence-corrected chi connectivity index (χ1v) is 8.11. The summed E-state index contributed by atoms with van der Waals surface area (Å²) < 4.78 is 41.1. The van der Waals surface area contributed by atoms with Gasteiger partial charge in [0.05, 0.1) is 5.92 Å². The fraction of sp³-hybridized carbons (Fsp3) is 0.667. The summed E-state index contributed by atoms with van der Waals surface area (Å²) in [6.45, 7) is 0. The molecule has 4 rings (SSSR count). The largest absolute Gasteiger partial charge is 0.439 e. The van der Waals surface area contributed by atoms with E-state index in [1.807, 2.05) is 0 Å². The predicted molar refractivity (Wildman–Crippen MR) is 77.2 cm³/mol. The molecule has 1 aromatic heterocycles. The van der Waals surface area contributed by atoms with Gasteiger partial charge in [-0.1, -0.05) is 6.42 Å². The van der Waals surface area contributed by atoms with E-state index >= 15 is 0 Å². The van der Waals surface area contributed by atoms with Crippen molar-refractivity contribution >= 4 is 11.6 Å². The normalized spacial score (nSPS) is 29.4. The summed E-state index contributed by atoms with van der Waals surface area (Å²) in [6.07, 6.45) is -1.05. The number of alkyl halides is 3. The minimum Gasteiger partial charge on any atom is -0.362 e. The van der Waals surface area contributed by atoms with Crippen molar-refractivity contribution in [2.45, 2.75) is 56.8 Å². The van der Waals surface area contributed by atoms with Crippen molar-refractivity contribution in [1.82, 2.24) is 15.2 Å². The molecule has 1 fully saturated rings. The Labute approximate surface area is 135 Å². The molecule has 130 valence electrons. The van der Waals surface area contributed by atoms with Gasteiger partial charge in [0, 0.05) is 17.0 Å². The molecule has 24 heavy (non-hydrogen) atoms. The molecule has 0 spiro atoms. The number of nitrogens with one attached hydrogen (secondary N) is 1. The highest BCUT2D eigenvalue weighted by Gasteiger charge is 2.68. The quantitative estimate of drug-likeness (QED) is 0.820. The third-order valence-corrected chi connectivity index (χ3v) is 5.23. The maximum Gasteiger partial charge on any atom is 0.439 e. The van der Waals surface area contributed by atoms with Crippen LogP contribution in [0.4, 0.5) is 13.2 Å². The van der Waals surface area contributed by atoms with Crippen LogP contribution in [0, 0.1) is 5.92 Å². The van der Waals surface area contributed by atoms with Gasteiger partial charge in [0.25, 0.3) is 11.6 Å². The number of hydrazone groups is 1. The predicted octanol–water partition coefficient (Wildman–Crippen LogP) is 2.15. The zero-order chi connectivity index (χ0) is 17.1. The van der Waals surface area contributed by atoms with E-state index in [-0.39, 0.29) is 22.8 Å². The van der Waals surface area contributed by atoms with Crippen LogP contribution in [0.1, 0.15) is 53.8 Å². The van der Waals surface area contributed by atoms with Gasteiger partial charge in [0.2, 0.25) is 0 Å². The zero-order valence-electron chi connectivity index (χ0n) is 12.9. The third kappa shape index (κ3) is 1.96. The summed E-state index contributed by atoms with van der Waals surface area (Å²) in [5, 5.41) is 21.2. The van der Waals surface area contributed by atoms with Crippen molar-refractivity contribution in [3.63, 3.8) is 0 Å². The van der Waals surface area contributed by atoms with Gasteiger partial charge in [-0.3, -0.25) is 9.89 Å². The second-order valence-corrected chi connectivity index (χ2v) is 6.61. The van der Waals surface area contributed by atoms with Crippen molar-refractivity contribution in [3.8, 4) is 0 Å². The van der Waals surface area contributed by atoms with Crippen LogP contribution in [0.3, 0.4) is 0 Å². The summed E-state index contributed by atoms with van der Waals surface area (Å²) >= 11 is 0. The maximum absolute atomic E-state index is 13.7. The van der Waals surface area contributed by atoms with E-state index in [4.69, 9.17) is 0 Å². The van der Waals surface area contributed by atoms with Gasteiger partial charge < -0.3 is 5.11 Å². The number of hydrogen-bond acceptors (Lipinski definition) is 4. The minimum atomic E-state index is -4.99. The van der Waals surface area contributed by atoms with Gasteiger partial charge in [-0.15, -0.1) is 0 Å². The lowest BCUT2D eigenvalue weighted by molar-refractivity contribution is -0.312. The van der Waals surface area contributed by atoms with Crippen molar-refractivity contribution < 1.29 is 23.1 Å². The number of amides is 1. The topological polar surface area (TPSA) is 81.6 Å². The second kappa shape index (κ2) is 5.05. The van der Waals surface area contributed by atoms with E-state index < -0.39 is 23.7 Å². The molecule has 3 aliphatic rings. The lowest BCUT2D eigenvalue weighted by atomic mass is 9.80. The van der Waals surface area contributed by atoms with E-state index in [1.54, 1.807) is 0 Å². The van der Waals surface area contributed by atoms with Crippen LogP contribution in [0.5, 0.6) is 0 Å². The molecule has 2 heterocycles. The van der Waals surface area contributed by atoms with Crippen molar-refractivity contribution in [2.75, 3.05) is 0 Å². The fourth-order valence-electron chi connectivity index (χ4n) is 4.02. The summed E-state index contributed by atoms with van der Waals surface area (Å²) in [4.78, 5) is 12.7. The Morgan fingerprint density at radius 3 is 2.79 bits per heavy atom. The highest BCUT2D eigenvalue weighted by Crippen LogP contribution is 2.48. The molecule has 0 bridgehead atoms. The molecule has 2 aliphatic carbocycles. The van der Waals surface area contributed by atoms with Gasteiger partial charge in [0.1, 0.15) is 0 Å². The number of fused-ring (bicyclic) bond motifs is 2. The van der Waals surface area contributed by atoms with Gasteiger partial charge in [-0.25, -0.2) is 0 Å². The maximum atomic E-state index is 13.7. The summed E-state index contributed by atoms with van der Waals surface area (Å²) in [6, 6.07) is 0. The molecule has 9 heteroatoms. The number of halogens is 3. The van der Waals surface area contributed by atoms with Crippen molar-refractivity contribution in [1.29, 1.82) is 0 Å². The third-order valence-electron chi connectivity index (χ3n) is 5.23. The highest BCUT2D eigenvalue weighted by atomic mass is 19.4. The monoisotopic (exact) mass is 342 g/mol.